The predicted molar refractivity (Wildman–Crippen MR) is 77.7 cm³/mol. The first kappa shape index (κ1) is 14.1. The van der Waals surface area contributed by atoms with E-state index in [1.54, 1.807) is 0 Å². The molecule has 0 bridgehead atoms. The first-order valence-electron chi connectivity index (χ1n) is 7.27. The minimum Gasteiger partial charge on any atom is -0.335 e. The molecule has 0 spiro atoms. The molecule has 2 rings (SSSR count). The quantitative estimate of drug-likeness (QED) is 0.884. The lowest BCUT2D eigenvalue weighted by Crippen LogP contribution is -2.40. The number of amides is 1. The summed E-state index contributed by atoms with van der Waals surface area (Å²) in [6, 6.07) is 8.73. The molecule has 19 heavy (non-hydrogen) atoms. The summed E-state index contributed by atoms with van der Waals surface area (Å²) in [5.41, 5.74) is 8.37. The van der Waals surface area contributed by atoms with Gasteiger partial charge < -0.3 is 10.6 Å². The van der Waals surface area contributed by atoms with Gasteiger partial charge in [-0.15, -0.1) is 0 Å². The molecule has 3 nitrogen and oxygen atoms in total. The van der Waals surface area contributed by atoms with Crippen LogP contribution >= 0.6 is 0 Å². The molecule has 0 aliphatic heterocycles. The van der Waals surface area contributed by atoms with Crippen molar-refractivity contribution in [1.29, 1.82) is 0 Å². The summed E-state index contributed by atoms with van der Waals surface area (Å²) in [6.45, 7) is 5.29. The van der Waals surface area contributed by atoms with Crippen molar-refractivity contribution in [3.63, 3.8) is 0 Å². The van der Waals surface area contributed by atoms with E-state index >= 15 is 0 Å². The third kappa shape index (κ3) is 2.81. The largest absolute Gasteiger partial charge is 0.335 e. The molecule has 0 saturated carbocycles. The topological polar surface area (TPSA) is 46.3 Å². The lowest BCUT2D eigenvalue weighted by molar-refractivity contribution is -0.137. The van der Waals surface area contributed by atoms with Gasteiger partial charge in [-0.3, -0.25) is 4.79 Å². The standard InChI is InChI=1S/C16H24N2O/c1-3-10-18(16(19)12(2)11-17)15-9-8-13-6-4-5-7-14(13)15/h4-7,12,15H,3,8-11,17H2,1-2H3. The minimum absolute atomic E-state index is 0.0840. The summed E-state index contributed by atoms with van der Waals surface area (Å²) in [6.07, 6.45) is 3.11. The molecule has 1 aromatic rings. The Morgan fingerprint density at radius 2 is 2.21 bits per heavy atom. The van der Waals surface area contributed by atoms with E-state index in [1.165, 1.54) is 11.1 Å². The highest BCUT2D eigenvalue weighted by Gasteiger charge is 2.31. The Morgan fingerprint density at radius 1 is 1.47 bits per heavy atom. The first-order chi connectivity index (χ1) is 9.19. The van der Waals surface area contributed by atoms with Crippen molar-refractivity contribution >= 4 is 5.91 Å². The molecule has 0 radical (unpaired) electrons. The number of fused-ring (bicyclic) bond motifs is 1. The third-order valence-electron chi connectivity index (χ3n) is 4.00. The second kappa shape index (κ2) is 6.20. The highest BCUT2D eigenvalue weighted by atomic mass is 16.2. The zero-order valence-electron chi connectivity index (χ0n) is 11.9. The zero-order valence-corrected chi connectivity index (χ0v) is 11.9. The van der Waals surface area contributed by atoms with Gasteiger partial charge in [-0.05, 0) is 30.4 Å². The molecule has 3 heteroatoms. The molecular weight excluding hydrogens is 236 g/mol. The van der Waals surface area contributed by atoms with Gasteiger partial charge in [-0.25, -0.2) is 0 Å². The Kier molecular flexibility index (Phi) is 4.59. The van der Waals surface area contributed by atoms with E-state index in [2.05, 4.69) is 31.2 Å². The van der Waals surface area contributed by atoms with Crippen molar-refractivity contribution in [2.24, 2.45) is 11.7 Å². The average Bonchev–Trinajstić information content (AvgIpc) is 2.87. The van der Waals surface area contributed by atoms with Crippen LogP contribution in [0.3, 0.4) is 0 Å². The van der Waals surface area contributed by atoms with Crippen LogP contribution in [0.2, 0.25) is 0 Å². The molecule has 2 unspecified atom stereocenters. The Morgan fingerprint density at radius 3 is 2.89 bits per heavy atom. The van der Waals surface area contributed by atoms with Crippen LogP contribution in [0, 0.1) is 5.92 Å². The number of hydrogen-bond acceptors (Lipinski definition) is 2. The Hall–Kier alpha value is -1.35. The number of carbonyl (C=O) groups is 1. The van der Waals surface area contributed by atoms with Crippen LogP contribution in [0.15, 0.2) is 24.3 Å². The van der Waals surface area contributed by atoms with Gasteiger partial charge in [0.15, 0.2) is 0 Å². The number of carbonyl (C=O) groups excluding carboxylic acids is 1. The van der Waals surface area contributed by atoms with Crippen LogP contribution in [-0.2, 0) is 11.2 Å². The number of benzene rings is 1. The van der Waals surface area contributed by atoms with Crippen molar-refractivity contribution in [1.82, 2.24) is 4.90 Å². The molecular formula is C16H24N2O. The van der Waals surface area contributed by atoms with Crippen molar-refractivity contribution < 1.29 is 4.79 Å². The number of nitrogens with zero attached hydrogens (tertiary/aromatic N) is 1. The zero-order chi connectivity index (χ0) is 13.8. The SMILES string of the molecule is CCCN(C(=O)C(C)CN)C1CCc2ccccc21. The second-order valence-corrected chi connectivity index (χ2v) is 5.42. The van der Waals surface area contributed by atoms with Gasteiger partial charge in [0.05, 0.1) is 6.04 Å². The van der Waals surface area contributed by atoms with Crippen LogP contribution in [0.1, 0.15) is 43.9 Å². The second-order valence-electron chi connectivity index (χ2n) is 5.42. The maximum Gasteiger partial charge on any atom is 0.227 e. The average molecular weight is 260 g/mol. The van der Waals surface area contributed by atoms with Crippen molar-refractivity contribution in [3.05, 3.63) is 35.4 Å². The smallest absolute Gasteiger partial charge is 0.227 e. The van der Waals surface area contributed by atoms with Gasteiger partial charge in [-0.2, -0.15) is 0 Å². The Balaban J connectivity index is 2.24. The fourth-order valence-corrected chi connectivity index (χ4v) is 2.90. The van der Waals surface area contributed by atoms with E-state index in [1.807, 2.05) is 11.8 Å². The van der Waals surface area contributed by atoms with E-state index in [0.29, 0.717) is 6.54 Å². The van der Waals surface area contributed by atoms with E-state index in [0.717, 1.165) is 25.8 Å². The summed E-state index contributed by atoms with van der Waals surface area (Å²) in [7, 11) is 0. The highest BCUT2D eigenvalue weighted by Crippen LogP contribution is 2.36. The number of aryl methyl sites for hydroxylation is 1. The molecule has 2 atom stereocenters. The normalized spacial score (nSPS) is 19.0. The first-order valence-corrected chi connectivity index (χ1v) is 7.27. The molecule has 1 amide bonds. The predicted octanol–water partition coefficient (Wildman–Crippen LogP) is 2.51. The maximum absolute atomic E-state index is 12.5. The summed E-state index contributed by atoms with van der Waals surface area (Å²) in [5, 5.41) is 0. The molecule has 2 N–H and O–H groups in total. The maximum atomic E-state index is 12.5. The number of nitrogens with two attached hydrogens (primary N) is 1. The van der Waals surface area contributed by atoms with Gasteiger partial charge in [0.1, 0.15) is 0 Å². The van der Waals surface area contributed by atoms with Crippen LogP contribution in [0.5, 0.6) is 0 Å². The van der Waals surface area contributed by atoms with Crippen LogP contribution in [0.4, 0.5) is 0 Å². The van der Waals surface area contributed by atoms with Gasteiger partial charge in [-0.1, -0.05) is 38.1 Å². The molecule has 1 aliphatic rings. The summed E-state index contributed by atoms with van der Waals surface area (Å²) in [5.74, 6) is 0.116. The molecule has 0 saturated heterocycles. The van der Waals surface area contributed by atoms with Crippen molar-refractivity contribution in [2.75, 3.05) is 13.1 Å². The van der Waals surface area contributed by atoms with Crippen molar-refractivity contribution in [3.8, 4) is 0 Å². The fourth-order valence-electron chi connectivity index (χ4n) is 2.90. The molecule has 104 valence electrons. The van der Waals surface area contributed by atoms with Gasteiger partial charge >= 0.3 is 0 Å². The number of hydrogen-bond donors (Lipinski definition) is 1. The monoisotopic (exact) mass is 260 g/mol. The molecule has 1 aromatic carbocycles. The lowest BCUT2D eigenvalue weighted by Gasteiger charge is -2.31. The van der Waals surface area contributed by atoms with E-state index in [-0.39, 0.29) is 17.9 Å². The summed E-state index contributed by atoms with van der Waals surface area (Å²) < 4.78 is 0. The van der Waals surface area contributed by atoms with E-state index < -0.39 is 0 Å². The number of rotatable bonds is 5. The minimum atomic E-state index is -0.0840. The van der Waals surface area contributed by atoms with E-state index in [4.69, 9.17) is 5.73 Å². The molecule has 0 fully saturated rings. The molecule has 0 heterocycles. The Bertz CT molecular complexity index is 444. The van der Waals surface area contributed by atoms with E-state index in [9.17, 15) is 4.79 Å². The lowest BCUT2D eigenvalue weighted by atomic mass is 10.0. The van der Waals surface area contributed by atoms with Gasteiger partial charge in [0, 0.05) is 19.0 Å². The fraction of sp³-hybridized carbons (Fsp3) is 0.562. The Labute approximate surface area is 115 Å². The third-order valence-corrected chi connectivity index (χ3v) is 4.00. The van der Waals surface area contributed by atoms with Gasteiger partial charge in [0.25, 0.3) is 0 Å². The van der Waals surface area contributed by atoms with Crippen LogP contribution < -0.4 is 5.73 Å². The van der Waals surface area contributed by atoms with Crippen LogP contribution in [-0.4, -0.2) is 23.9 Å². The summed E-state index contributed by atoms with van der Waals surface area (Å²) >= 11 is 0. The summed E-state index contributed by atoms with van der Waals surface area (Å²) in [4.78, 5) is 14.6. The molecule has 0 aromatic heterocycles. The van der Waals surface area contributed by atoms with Crippen LogP contribution in [0.25, 0.3) is 0 Å². The van der Waals surface area contributed by atoms with Crippen molar-refractivity contribution in [2.45, 2.75) is 39.2 Å². The van der Waals surface area contributed by atoms with Gasteiger partial charge in [0.2, 0.25) is 5.91 Å². The molecule has 1 aliphatic carbocycles. The highest BCUT2D eigenvalue weighted by molar-refractivity contribution is 5.79.